The normalized spacial score (nSPS) is 39.4. The van der Waals surface area contributed by atoms with Crippen LogP contribution in [-0.4, -0.2) is 41.8 Å². The van der Waals surface area contributed by atoms with E-state index in [9.17, 15) is 5.11 Å². The first-order chi connectivity index (χ1) is 6.74. The zero-order valence-corrected chi connectivity index (χ0v) is 8.91. The predicted molar refractivity (Wildman–Crippen MR) is 57.0 cm³/mol. The molecule has 3 nitrogen and oxygen atoms in total. The van der Waals surface area contributed by atoms with Crippen molar-refractivity contribution in [3.63, 3.8) is 0 Å². The summed E-state index contributed by atoms with van der Waals surface area (Å²) in [5, 5.41) is 10.4. The minimum atomic E-state index is -0.330. The maximum Gasteiger partial charge on any atom is 0.0700 e. The zero-order chi connectivity index (χ0) is 10.0. The van der Waals surface area contributed by atoms with Gasteiger partial charge in [0.15, 0.2) is 0 Å². The zero-order valence-electron chi connectivity index (χ0n) is 8.91. The minimum Gasteiger partial charge on any atom is -0.390 e. The van der Waals surface area contributed by atoms with Crippen molar-refractivity contribution in [3.8, 4) is 0 Å². The Morgan fingerprint density at radius 1 is 1.36 bits per heavy atom. The third-order valence-corrected chi connectivity index (χ3v) is 3.96. The van der Waals surface area contributed by atoms with E-state index in [1.165, 1.54) is 19.3 Å². The van der Waals surface area contributed by atoms with Crippen molar-refractivity contribution in [3.05, 3.63) is 0 Å². The summed E-state index contributed by atoms with van der Waals surface area (Å²) in [5.74, 6) is 0.511. The Hall–Kier alpha value is -0.120. The Kier molecular flexibility index (Phi) is 3.10. The third kappa shape index (κ3) is 1.95. The number of piperidine rings is 1. The molecule has 1 aliphatic heterocycles. The van der Waals surface area contributed by atoms with Gasteiger partial charge in [0.25, 0.3) is 0 Å². The molecule has 0 aromatic rings. The number of hydrogen-bond acceptors (Lipinski definition) is 3. The molecule has 1 saturated carbocycles. The summed E-state index contributed by atoms with van der Waals surface area (Å²) in [5.41, 5.74) is 5.23. The van der Waals surface area contributed by atoms with Gasteiger partial charge in [0, 0.05) is 32.1 Å². The quantitative estimate of drug-likeness (QED) is 0.682. The molecule has 0 aromatic heterocycles. The van der Waals surface area contributed by atoms with Crippen molar-refractivity contribution in [1.82, 2.24) is 4.90 Å². The van der Waals surface area contributed by atoms with Crippen LogP contribution in [0.25, 0.3) is 0 Å². The van der Waals surface area contributed by atoms with E-state index in [1.54, 1.807) is 0 Å². The van der Waals surface area contributed by atoms with Crippen LogP contribution in [0.15, 0.2) is 0 Å². The maximum atomic E-state index is 10.4. The molecule has 0 amide bonds. The van der Waals surface area contributed by atoms with Crippen molar-refractivity contribution in [2.45, 2.75) is 37.7 Å². The highest BCUT2D eigenvalue weighted by atomic mass is 16.3. The van der Waals surface area contributed by atoms with Crippen molar-refractivity contribution in [1.29, 1.82) is 0 Å². The number of likely N-dealkylation sites (tertiary alicyclic amines) is 1. The number of hydrogen-bond donors (Lipinski definition) is 2. The second-order valence-corrected chi connectivity index (χ2v) is 4.89. The van der Waals surface area contributed by atoms with Crippen LogP contribution in [0, 0.1) is 5.92 Å². The molecule has 14 heavy (non-hydrogen) atoms. The van der Waals surface area contributed by atoms with Gasteiger partial charge in [0.1, 0.15) is 0 Å². The van der Waals surface area contributed by atoms with Crippen molar-refractivity contribution in [2.24, 2.45) is 11.7 Å². The summed E-state index contributed by atoms with van der Waals surface area (Å²) in [6.45, 7) is 3.83. The molecule has 2 fully saturated rings. The molecule has 1 aliphatic carbocycles. The Labute approximate surface area is 86.3 Å². The first-order valence-electron chi connectivity index (χ1n) is 5.89. The topological polar surface area (TPSA) is 49.5 Å². The van der Waals surface area contributed by atoms with Crippen LogP contribution in [0.4, 0.5) is 0 Å². The van der Waals surface area contributed by atoms with Gasteiger partial charge in [-0.25, -0.2) is 0 Å². The van der Waals surface area contributed by atoms with Gasteiger partial charge >= 0.3 is 0 Å². The predicted octanol–water partition coefficient (Wildman–Crippen LogP) is 0.572. The highest BCUT2D eigenvalue weighted by Gasteiger charge is 2.42. The first-order valence-corrected chi connectivity index (χ1v) is 5.89. The molecular formula is C11H22N2O. The van der Waals surface area contributed by atoms with Gasteiger partial charge in [-0.05, 0) is 19.3 Å². The number of aliphatic hydroxyl groups is 1. The summed E-state index contributed by atoms with van der Waals surface area (Å²) < 4.78 is 0. The van der Waals surface area contributed by atoms with E-state index in [2.05, 4.69) is 4.90 Å². The Balaban J connectivity index is 1.95. The fourth-order valence-electron chi connectivity index (χ4n) is 3.03. The molecule has 0 aromatic carbocycles. The monoisotopic (exact) mass is 198 g/mol. The number of rotatable bonds is 2. The molecule has 0 spiro atoms. The van der Waals surface area contributed by atoms with E-state index < -0.39 is 0 Å². The fraction of sp³-hybridized carbons (Fsp3) is 1.00. The van der Waals surface area contributed by atoms with Gasteiger partial charge in [-0.3, -0.25) is 0 Å². The lowest BCUT2D eigenvalue weighted by atomic mass is 9.71. The van der Waals surface area contributed by atoms with E-state index in [0.29, 0.717) is 5.92 Å². The molecule has 82 valence electrons. The lowest BCUT2D eigenvalue weighted by molar-refractivity contribution is -0.0946. The van der Waals surface area contributed by atoms with E-state index in [-0.39, 0.29) is 5.60 Å². The van der Waals surface area contributed by atoms with Crippen molar-refractivity contribution < 1.29 is 5.11 Å². The average Bonchev–Trinajstić information content (AvgIpc) is 2.19. The maximum absolute atomic E-state index is 10.4. The van der Waals surface area contributed by atoms with Gasteiger partial charge < -0.3 is 15.7 Å². The molecule has 1 saturated heterocycles. The second kappa shape index (κ2) is 4.17. The van der Waals surface area contributed by atoms with Crippen LogP contribution in [0.1, 0.15) is 32.1 Å². The van der Waals surface area contributed by atoms with E-state index in [0.717, 1.165) is 39.0 Å². The smallest absolute Gasteiger partial charge is 0.0700 e. The third-order valence-electron chi connectivity index (χ3n) is 3.96. The van der Waals surface area contributed by atoms with Gasteiger partial charge in [0.05, 0.1) is 5.60 Å². The molecule has 2 aliphatic rings. The van der Waals surface area contributed by atoms with Gasteiger partial charge in [-0.1, -0.05) is 12.8 Å². The lowest BCUT2D eigenvalue weighted by Gasteiger charge is -2.47. The highest BCUT2D eigenvalue weighted by molar-refractivity contribution is 4.95. The molecule has 2 atom stereocenters. The van der Waals surface area contributed by atoms with Crippen LogP contribution >= 0.6 is 0 Å². The van der Waals surface area contributed by atoms with Crippen LogP contribution in [0.5, 0.6) is 0 Å². The molecule has 0 radical (unpaired) electrons. The fourth-order valence-corrected chi connectivity index (χ4v) is 3.03. The molecule has 3 N–H and O–H groups in total. The van der Waals surface area contributed by atoms with Crippen molar-refractivity contribution in [2.75, 3.05) is 26.2 Å². The van der Waals surface area contributed by atoms with E-state index in [1.807, 2.05) is 0 Å². The average molecular weight is 198 g/mol. The molecule has 3 heteroatoms. The Morgan fingerprint density at radius 3 is 3.00 bits per heavy atom. The molecule has 1 heterocycles. The molecule has 0 bridgehead atoms. The van der Waals surface area contributed by atoms with E-state index >= 15 is 0 Å². The summed E-state index contributed by atoms with van der Waals surface area (Å²) in [6.07, 6.45) is 5.69. The number of nitrogens with two attached hydrogens (primary N) is 1. The summed E-state index contributed by atoms with van der Waals surface area (Å²) in [7, 11) is 0. The summed E-state index contributed by atoms with van der Waals surface area (Å²) in [4.78, 5) is 2.41. The Bertz CT molecular complexity index is 198. The standard InChI is InChI=1S/C11H22N2O/c12-6-8-13-7-5-11(14)4-2-1-3-10(11)9-13/h10,14H,1-9,12H2. The van der Waals surface area contributed by atoms with Crippen molar-refractivity contribution >= 4 is 0 Å². The summed E-state index contributed by atoms with van der Waals surface area (Å²) in [6, 6.07) is 0. The second-order valence-electron chi connectivity index (χ2n) is 4.89. The van der Waals surface area contributed by atoms with Gasteiger partial charge in [-0.15, -0.1) is 0 Å². The number of nitrogens with zero attached hydrogens (tertiary/aromatic N) is 1. The minimum absolute atomic E-state index is 0.330. The Morgan fingerprint density at radius 2 is 2.21 bits per heavy atom. The van der Waals surface area contributed by atoms with Gasteiger partial charge in [0.2, 0.25) is 0 Å². The molecule has 2 unspecified atom stereocenters. The lowest BCUT2D eigenvalue weighted by Crippen LogP contribution is -2.53. The van der Waals surface area contributed by atoms with Crippen LogP contribution in [-0.2, 0) is 0 Å². The molecule has 2 rings (SSSR count). The van der Waals surface area contributed by atoms with E-state index in [4.69, 9.17) is 5.73 Å². The summed E-state index contributed by atoms with van der Waals surface area (Å²) >= 11 is 0. The van der Waals surface area contributed by atoms with Crippen LogP contribution < -0.4 is 5.73 Å². The largest absolute Gasteiger partial charge is 0.390 e. The SMILES string of the molecule is NCCN1CCC2(O)CCCCC2C1. The first kappa shape index (κ1) is 10.4. The molecular weight excluding hydrogens is 176 g/mol. The number of fused-ring (bicyclic) bond motifs is 1. The van der Waals surface area contributed by atoms with Gasteiger partial charge in [-0.2, -0.15) is 0 Å². The highest BCUT2D eigenvalue weighted by Crippen LogP contribution is 2.39. The van der Waals surface area contributed by atoms with Crippen LogP contribution in [0.3, 0.4) is 0 Å². The van der Waals surface area contributed by atoms with Crippen LogP contribution in [0.2, 0.25) is 0 Å².